The highest BCUT2D eigenvalue weighted by Gasteiger charge is 2.13. The van der Waals surface area contributed by atoms with Crippen molar-refractivity contribution in [1.82, 2.24) is 15.1 Å². The molecule has 0 radical (unpaired) electrons. The summed E-state index contributed by atoms with van der Waals surface area (Å²) in [6.45, 7) is 5.62. The fourth-order valence-corrected chi connectivity index (χ4v) is 2.20. The molecule has 0 saturated carbocycles. The molecule has 1 aromatic carbocycles. The van der Waals surface area contributed by atoms with E-state index in [1.807, 2.05) is 26.0 Å². The van der Waals surface area contributed by atoms with Crippen molar-refractivity contribution in [3.05, 3.63) is 54.0 Å². The van der Waals surface area contributed by atoms with Crippen molar-refractivity contribution in [3.63, 3.8) is 0 Å². The maximum Gasteiger partial charge on any atom is 0.274 e. The van der Waals surface area contributed by atoms with Crippen molar-refractivity contribution in [2.45, 2.75) is 26.9 Å². The van der Waals surface area contributed by atoms with E-state index >= 15 is 0 Å². The van der Waals surface area contributed by atoms with Crippen LogP contribution < -0.4 is 15.4 Å². The molecule has 0 bridgehead atoms. The van der Waals surface area contributed by atoms with Gasteiger partial charge in [0.05, 0.1) is 11.8 Å². The van der Waals surface area contributed by atoms with Crippen molar-refractivity contribution < 1.29 is 14.1 Å². The van der Waals surface area contributed by atoms with E-state index in [2.05, 4.69) is 25.8 Å². The standard InChI is InChI=1S/C18H19N5O3/c1-11(2)25-15-7-5-4-6-13(15)20-17(24)14-8-9-19-18(21-14)22-16-10-12(3)26-23-16/h4-11H,1-3H3,(H,20,24)(H,19,21,22,23). The molecule has 3 rings (SSSR count). The van der Waals surface area contributed by atoms with Crippen LogP contribution in [0.15, 0.2) is 47.1 Å². The fourth-order valence-electron chi connectivity index (χ4n) is 2.20. The van der Waals surface area contributed by atoms with Crippen LogP contribution in [0.4, 0.5) is 17.5 Å². The highest BCUT2D eigenvalue weighted by Crippen LogP contribution is 2.25. The first-order valence-electron chi connectivity index (χ1n) is 8.11. The first-order valence-corrected chi connectivity index (χ1v) is 8.11. The number of hydrogen-bond acceptors (Lipinski definition) is 7. The molecule has 0 aliphatic carbocycles. The van der Waals surface area contributed by atoms with Crippen LogP contribution in [0, 0.1) is 6.92 Å². The second kappa shape index (κ2) is 7.64. The molecule has 0 unspecified atom stereocenters. The Morgan fingerprint density at radius 2 is 2.04 bits per heavy atom. The smallest absolute Gasteiger partial charge is 0.274 e. The summed E-state index contributed by atoms with van der Waals surface area (Å²) in [5.74, 6) is 1.60. The largest absolute Gasteiger partial charge is 0.489 e. The highest BCUT2D eigenvalue weighted by molar-refractivity contribution is 6.03. The average molecular weight is 353 g/mol. The topological polar surface area (TPSA) is 102 Å². The molecule has 134 valence electrons. The molecule has 3 aromatic rings. The molecule has 0 spiro atoms. The number of carbonyl (C=O) groups excluding carboxylic acids is 1. The minimum Gasteiger partial charge on any atom is -0.489 e. The summed E-state index contributed by atoms with van der Waals surface area (Å²) in [6, 6.07) is 10.5. The van der Waals surface area contributed by atoms with E-state index in [1.54, 1.807) is 25.1 Å². The van der Waals surface area contributed by atoms with Gasteiger partial charge in [-0.15, -0.1) is 0 Å². The van der Waals surface area contributed by atoms with Crippen LogP contribution in [0.3, 0.4) is 0 Å². The zero-order valence-corrected chi connectivity index (χ0v) is 14.7. The van der Waals surface area contributed by atoms with Gasteiger partial charge in [-0.2, -0.15) is 0 Å². The Morgan fingerprint density at radius 1 is 1.23 bits per heavy atom. The van der Waals surface area contributed by atoms with Gasteiger partial charge in [0.1, 0.15) is 17.2 Å². The van der Waals surface area contributed by atoms with Gasteiger partial charge in [-0.25, -0.2) is 9.97 Å². The van der Waals surface area contributed by atoms with Gasteiger partial charge in [-0.05, 0) is 39.0 Å². The highest BCUT2D eigenvalue weighted by atomic mass is 16.5. The number of ether oxygens (including phenoxy) is 1. The van der Waals surface area contributed by atoms with Crippen LogP contribution in [0.1, 0.15) is 30.1 Å². The Bertz CT molecular complexity index is 907. The van der Waals surface area contributed by atoms with Gasteiger partial charge in [0.25, 0.3) is 5.91 Å². The summed E-state index contributed by atoms with van der Waals surface area (Å²) in [6.07, 6.45) is 1.49. The lowest BCUT2D eigenvalue weighted by Gasteiger charge is -2.14. The third-order valence-electron chi connectivity index (χ3n) is 3.25. The summed E-state index contributed by atoms with van der Waals surface area (Å²) in [7, 11) is 0. The molecule has 0 saturated heterocycles. The molecule has 8 nitrogen and oxygen atoms in total. The molecule has 0 aliphatic heterocycles. The number of aryl methyl sites for hydroxylation is 1. The molecule has 0 fully saturated rings. The van der Waals surface area contributed by atoms with Gasteiger partial charge >= 0.3 is 0 Å². The number of benzene rings is 1. The first-order chi connectivity index (χ1) is 12.5. The van der Waals surface area contributed by atoms with E-state index in [-0.39, 0.29) is 23.7 Å². The molecule has 0 aliphatic rings. The van der Waals surface area contributed by atoms with Gasteiger partial charge in [0.2, 0.25) is 5.95 Å². The number of anilines is 3. The van der Waals surface area contributed by atoms with Gasteiger partial charge in [0, 0.05) is 12.3 Å². The van der Waals surface area contributed by atoms with E-state index in [0.717, 1.165) is 0 Å². The lowest BCUT2D eigenvalue weighted by atomic mass is 10.2. The Balaban J connectivity index is 1.75. The summed E-state index contributed by atoms with van der Waals surface area (Å²) >= 11 is 0. The zero-order valence-electron chi connectivity index (χ0n) is 14.7. The van der Waals surface area contributed by atoms with Crippen molar-refractivity contribution in [3.8, 4) is 5.75 Å². The summed E-state index contributed by atoms with van der Waals surface area (Å²) < 4.78 is 10.7. The lowest BCUT2D eigenvalue weighted by Crippen LogP contribution is -2.16. The van der Waals surface area contributed by atoms with Gasteiger partial charge in [-0.3, -0.25) is 4.79 Å². The van der Waals surface area contributed by atoms with Crippen molar-refractivity contribution in [1.29, 1.82) is 0 Å². The van der Waals surface area contributed by atoms with Crippen molar-refractivity contribution >= 4 is 23.4 Å². The minimum atomic E-state index is -0.369. The molecule has 8 heteroatoms. The number of carbonyl (C=O) groups is 1. The van der Waals surface area contributed by atoms with Gasteiger partial charge in [-0.1, -0.05) is 17.3 Å². The van der Waals surface area contributed by atoms with E-state index in [9.17, 15) is 4.79 Å². The van der Waals surface area contributed by atoms with Crippen LogP contribution in [0.5, 0.6) is 5.75 Å². The number of para-hydroxylation sites is 2. The first kappa shape index (κ1) is 17.4. The van der Waals surface area contributed by atoms with E-state index in [4.69, 9.17) is 9.26 Å². The average Bonchev–Trinajstić information content (AvgIpc) is 3.01. The molecule has 2 aromatic heterocycles. The molecule has 1 amide bonds. The molecule has 26 heavy (non-hydrogen) atoms. The normalized spacial score (nSPS) is 10.6. The molecular formula is C18H19N5O3. The Kier molecular flexibility index (Phi) is 5.12. The van der Waals surface area contributed by atoms with Crippen LogP contribution in [0.25, 0.3) is 0 Å². The SMILES string of the molecule is Cc1cc(Nc2nccc(C(=O)Nc3ccccc3OC(C)C)n2)no1. The fraction of sp³-hybridized carbons (Fsp3) is 0.222. The van der Waals surface area contributed by atoms with Crippen LogP contribution in [-0.4, -0.2) is 27.1 Å². The Labute approximate surface area is 150 Å². The summed E-state index contributed by atoms with van der Waals surface area (Å²) in [5, 5.41) is 9.51. The maximum absolute atomic E-state index is 12.5. The monoisotopic (exact) mass is 353 g/mol. The number of aromatic nitrogens is 3. The lowest BCUT2D eigenvalue weighted by molar-refractivity contribution is 0.102. The molecule has 2 N–H and O–H groups in total. The van der Waals surface area contributed by atoms with E-state index < -0.39 is 0 Å². The van der Waals surface area contributed by atoms with Crippen LogP contribution >= 0.6 is 0 Å². The third-order valence-corrected chi connectivity index (χ3v) is 3.25. The predicted octanol–water partition coefficient (Wildman–Crippen LogP) is 3.56. The second-order valence-electron chi connectivity index (χ2n) is 5.83. The minimum absolute atomic E-state index is 0.00572. The number of nitrogens with one attached hydrogen (secondary N) is 2. The van der Waals surface area contributed by atoms with Crippen molar-refractivity contribution in [2.75, 3.05) is 10.6 Å². The van der Waals surface area contributed by atoms with Gasteiger partial charge in [0.15, 0.2) is 5.82 Å². The maximum atomic E-state index is 12.5. The quantitative estimate of drug-likeness (QED) is 0.698. The Morgan fingerprint density at radius 3 is 2.77 bits per heavy atom. The zero-order chi connectivity index (χ0) is 18.5. The van der Waals surface area contributed by atoms with Crippen molar-refractivity contribution in [2.24, 2.45) is 0 Å². The van der Waals surface area contributed by atoms with E-state index in [1.165, 1.54) is 12.3 Å². The molecule has 2 heterocycles. The predicted molar refractivity (Wildman–Crippen MR) is 96.7 cm³/mol. The number of rotatable bonds is 6. The summed E-state index contributed by atoms with van der Waals surface area (Å²) in [4.78, 5) is 20.8. The Hall–Kier alpha value is -3.42. The number of nitrogens with zero attached hydrogens (tertiary/aromatic N) is 3. The summed E-state index contributed by atoms with van der Waals surface area (Å²) in [5.41, 5.74) is 0.786. The van der Waals surface area contributed by atoms with Gasteiger partial charge < -0.3 is 19.9 Å². The van der Waals surface area contributed by atoms with Crippen LogP contribution in [-0.2, 0) is 0 Å². The molecular weight excluding hydrogens is 334 g/mol. The number of amides is 1. The third kappa shape index (κ3) is 4.35. The molecule has 0 atom stereocenters. The second-order valence-corrected chi connectivity index (χ2v) is 5.83. The number of hydrogen-bond donors (Lipinski definition) is 2. The van der Waals surface area contributed by atoms with Crippen LogP contribution in [0.2, 0.25) is 0 Å². The van der Waals surface area contributed by atoms with E-state index in [0.29, 0.717) is 23.0 Å².